The Balaban J connectivity index is 1.27. The fraction of sp³-hybridized carbons (Fsp3) is 0. The molecule has 4 heteroatoms. The van der Waals surface area contributed by atoms with Gasteiger partial charge in [0.25, 0.3) is 0 Å². The lowest BCUT2D eigenvalue weighted by atomic mass is 9.97. The normalized spacial score (nSPS) is 11.9. The van der Waals surface area contributed by atoms with E-state index < -0.39 is 0 Å². The Morgan fingerprint density at radius 1 is 0.472 bits per heavy atom. The van der Waals surface area contributed by atoms with Crippen LogP contribution < -0.4 is 0 Å². The Morgan fingerprint density at radius 3 is 2.11 bits per heavy atom. The van der Waals surface area contributed by atoms with Crippen molar-refractivity contribution in [3.8, 4) is 22.3 Å². The van der Waals surface area contributed by atoms with Crippen LogP contribution in [0, 0.1) is 0 Å². The predicted octanol–water partition coefficient (Wildman–Crippen LogP) is 8.76. The molecule has 3 heterocycles. The van der Waals surface area contributed by atoms with Gasteiger partial charge in [0.05, 0.1) is 11.0 Å². The second-order valence-corrected chi connectivity index (χ2v) is 9.04. The van der Waals surface area contributed by atoms with Gasteiger partial charge in [-0.1, -0.05) is 72.8 Å². The van der Waals surface area contributed by atoms with Gasteiger partial charge in [0, 0.05) is 21.7 Å². The van der Waals surface area contributed by atoms with E-state index in [1.54, 1.807) is 0 Å². The highest BCUT2D eigenvalue weighted by Crippen LogP contribution is 2.37. The maximum absolute atomic E-state index is 6.28. The molecule has 0 atom stereocenters. The fourth-order valence-electron chi connectivity index (χ4n) is 5.16. The first kappa shape index (κ1) is 19.4. The van der Waals surface area contributed by atoms with E-state index in [0.717, 1.165) is 71.7 Å². The van der Waals surface area contributed by atoms with Crippen LogP contribution in [0.4, 0.5) is 0 Å². The van der Waals surface area contributed by atoms with Crippen LogP contribution in [0.1, 0.15) is 0 Å². The smallest absolute Gasteiger partial charge is 0.246 e. The molecule has 4 nitrogen and oxygen atoms in total. The quantitative estimate of drug-likeness (QED) is 0.258. The van der Waals surface area contributed by atoms with Crippen LogP contribution in [-0.2, 0) is 0 Å². The Hall–Kier alpha value is -4.96. The number of para-hydroxylation sites is 3. The zero-order valence-electron chi connectivity index (χ0n) is 19.1. The maximum Gasteiger partial charge on any atom is 0.246 e. The monoisotopic (exact) mass is 462 g/mol. The molecule has 8 rings (SSSR count). The standard InChI is InChI=1S/C32H18N2O2/c1-3-13-28-23(9-1)24-12-6-11-22(31(24)35-28)21-8-5-7-19(17-21)20-15-16-26-27(18-20)34-32-30(33-26)25-10-2-4-14-29(25)36-32/h1-18H. The van der Waals surface area contributed by atoms with Gasteiger partial charge in [0.1, 0.15) is 22.3 Å². The molecule has 0 aliphatic rings. The fourth-order valence-corrected chi connectivity index (χ4v) is 5.16. The summed E-state index contributed by atoms with van der Waals surface area (Å²) in [5, 5.41) is 3.25. The minimum absolute atomic E-state index is 0.561. The van der Waals surface area contributed by atoms with E-state index in [0.29, 0.717) is 5.71 Å². The number of hydrogen-bond donors (Lipinski definition) is 0. The molecule has 8 aromatic rings. The number of furan rings is 2. The summed E-state index contributed by atoms with van der Waals surface area (Å²) in [5.74, 6) is 0. The highest BCUT2D eigenvalue weighted by molar-refractivity contribution is 6.09. The molecule has 0 N–H and O–H groups in total. The third-order valence-electron chi connectivity index (χ3n) is 6.89. The SMILES string of the molecule is c1cc(-c2ccc3nc4c(nc3c2)oc2ccccc24)cc(-c2cccc3c2oc2ccccc23)c1. The van der Waals surface area contributed by atoms with Gasteiger partial charge in [-0.25, -0.2) is 9.97 Å². The third-order valence-corrected chi connectivity index (χ3v) is 6.89. The highest BCUT2D eigenvalue weighted by Gasteiger charge is 2.14. The van der Waals surface area contributed by atoms with Crippen molar-refractivity contribution in [1.29, 1.82) is 0 Å². The van der Waals surface area contributed by atoms with Crippen LogP contribution in [0.2, 0.25) is 0 Å². The average molecular weight is 463 g/mol. The average Bonchev–Trinajstić information content (AvgIpc) is 3.49. The van der Waals surface area contributed by atoms with E-state index in [9.17, 15) is 0 Å². The largest absolute Gasteiger partial charge is 0.455 e. The molecule has 0 aliphatic carbocycles. The molecule has 36 heavy (non-hydrogen) atoms. The van der Waals surface area contributed by atoms with E-state index in [1.807, 2.05) is 48.5 Å². The summed E-state index contributed by atoms with van der Waals surface area (Å²) in [6.07, 6.45) is 0. The van der Waals surface area contributed by atoms with Crippen molar-refractivity contribution in [2.75, 3.05) is 0 Å². The Bertz CT molecular complexity index is 2120. The number of benzene rings is 5. The van der Waals surface area contributed by atoms with Crippen LogP contribution in [0.5, 0.6) is 0 Å². The van der Waals surface area contributed by atoms with Gasteiger partial charge in [-0.05, 0) is 53.1 Å². The molecular weight excluding hydrogens is 444 g/mol. The Labute approximate surface area is 205 Å². The van der Waals surface area contributed by atoms with E-state index in [2.05, 4.69) is 60.7 Å². The van der Waals surface area contributed by atoms with Crippen molar-refractivity contribution >= 4 is 55.2 Å². The third kappa shape index (κ3) is 2.82. The molecule has 0 aliphatic heterocycles. The van der Waals surface area contributed by atoms with Crippen molar-refractivity contribution in [3.05, 3.63) is 109 Å². The molecule has 0 fully saturated rings. The van der Waals surface area contributed by atoms with Gasteiger partial charge >= 0.3 is 0 Å². The molecule has 5 aromatic carbocycles. The summed E-state index contributed by atoms with van der Waals surface area (Å²) in [6, 6.07) is 37.2. The van der Waals surface area contributed by atoms with E-state index >= 15 is 0 Å². The molecule has 0 spiro atoms. The van der Waals surface area contributed by atoms with Crippen molar-refractivity contribution in [3.63, 3.8) is 0 Å². The molecule has 0 unspecified atom stereocenters. The number of fused-ring (bicyclic) bond motifs is 7. The molecule has 0 amide bonds. The van der Waals surface area contributed by atoms with E-state index in [-0.39, 0.29) is 0 Å². The lowest BCUT2D eigenvalue weighted by Gasteiger charge is -2.08. The lowest BCUT2D eigenvalue weighted by Crippen LogP contribution is -1.87. The van der Waals surface area contributed by atoms with Crippen LogP contribution >= 0.6 is 0 Å². The van der Waals surface area contributed by atoms with Crippen LogP contribution in [0.3, 0.4) is 0 Å². The number of nitrogens with zero attached hydrogens (tertiary/aromatic N) is 2. The maximum atomic E-state index is 6.28. The summed E-state index contributed by atoms with van der Waals surface area (Å²) in [7, 11) is 0. The first-order chi connectivity index (χ1) is 17.8. The number of aromatic nitrogens is 2. The Morgan fingerprint density at radius 2 is 1.19 bits per heavy atom. The predicted molar refractivity (Wildman–Crippen MR) is 145 cm³/mol. The summed E-state index contributed by atoms with van der Waals surface area (Å²) in [5.41, 5.74) is 10.00. The van der Waals surface area contributed by atoms with Gasteiger partial charge in [-0.2, -0.15) is 0 Å². The summed E-state index contributed by atoms with van der Waals surface area (Å²) >= 11 is 0. The summed E-state index contributed by atoms with van der Waals surface area (Å²) in [4.78, 5) is 9.65. The molecule has 0 bridgehead atoms. The van der Waals surface area contributed by atoms with Gasteiger partial charge in [0.2, 0.25) is 5.71 Å². The minimum atomic E-state index is 0.561. The molecular formula is C32H18N2O2. The van der Waals surface area contributed by atoms with Crippen LogP contribution in [0.15, 0.2) is 118 Å². The topological polar surface area (TPSA) is 52.1 Å². The first-order valence-electron chi connectivity index (χ1n) is 11.9. The van der Waals surface area contributed by atoms with Gasteiger partial charge in [0.15, 0.2) is 0 Å². The molecule has 3 aromatic heterocycles. The molecule has 0 saturated heterocycles. The lowest BCUT2D eigenvalue weighted by molar-refractivity contribution is 0.655. The van der Waals surface area contributed by atoms with Crippen molar-refractivity contribution in [1.82, 2.24) is 9.97 Å². The van der Waals surface area contributed by atoms with Crippen LogP contribution in [-0.4, -0.2) is 9.97 Å². The van der Waals surface area contributed by atoms with E-state index in [4.69, 9.17) is 18.8 Å². The number of rotatable bonds is 2. The minimum Gasteiger partial charge on any atom is -0.455 e. The van der Waals surface area contributed by atoms with Gasteiger partial charge in [-0.3, -0.25) is 0 Å². The van der Waals surface area contributed by atoms with Crippen LogP contribution in [0.25, 0.3) is 77.4 Å². The highest BCUT2D eigenvalue weighted by atomic mass is 16.3. The zero-order valence-corrected chi connectivity index (χ0v) is 19.1. The van der Waals surface area contributed by atoms with Crippen molar-refractivity contribution < 1.29 is 8.83 Å². The first-order valence-corrected chi connectivity index (χ1v) is 11.9. The van der Waals surface area contributed by atoms with E-state index in [1.165, 1.54) is 0 Å². The van der Waals surface area contributed by atoms with Gasteiger partial charge in [-0.15, -0.1) is 0 Å². The van der Waals surface area contributed by atoms with Crippen molar-refractivity contribution in [2.45, 2.75) is 0 Å². The molecule has 168 valence electrons. The second-order valence-electron chi connectivity index (χ2n) is 9.04. The van der Waals surface area contributed by atoms with Gasteiger partial charge < -0.3 is 8.83 Å². The Kier molecular flexibility index (Phi) is 3.91. The summed E-state index contributed by atoms with van der Waals surface area (Å²) < 4.78 is 12.2. The molecule has 0 saturated carbocycles. The summed E-state index contributed by atoms with van der Waals surface area (Å²) in [6.45, 7) is 0. The zero-order chi connectivity index (χ0) is 23.6. The second kappa shape index (κ2) is 7.27. The van der Waals surface area contributed by atoms with Crippen molar-refractivity contribution in [2.24, 2.45) is 0 Å². The molecule has 0 radical (unpaired) electrons. The number of hydrogen-bond acceptors (Lipinski definition) is 4.